The third kappa shape index (κ3) is 4.10. The first-order valence-electron chi connectivity index (χ1n) is 7.54. The fourth-order valence-electron chi connectivity index (χ4n) is 2.33. The zero-order valence-electron chi connectivity index (χ0n) is 13.6. The van der Waals surface area contributed by atoms with E-state index in [4.69, 9.17) is 9.84 Å². The molecule has 0 fully saturated rings. The first kappa shape index (κ1) is 17.5. The van der Waals surface area contributed by atoms with Crippen LogP contribution in [0.3, 0.4) is 0 Å². The van der Waals surface area contributed by atoms with E-state index in [2.05, 4.69) is 0 Å². The second-order valence-electron chi connectivity index (χ2n) is 6.51. The molecule has 126 valence electrons. The Bertz CT molecular complexity index is 686. The molecular weight excluding hydrogens is 298 g/mol. The lowest BCUT2D eigenvalue weighted by Crippen LogP contribution is -2.26. The number of carbonyl (C=O) groups is 1. The molecule has 0 aliphatic carbocycles. The third-order valence-electron chi connectivity index (χ3n) is 3.44. The summed E-state index contributed by atoms with van der Waals surface area (Å²) in [5, 5.41) is 29.5. The van der Waals surface area contributed by atoms with Crippen LogP contribution in [0.15, 0.2) is 30.5 Å². The van der Waals surface area contributed by atoms with Crippen molar-refractivity contribution in [2.45, 2.75) is 45.0 Å². The number of hydrogen-bond donors (Lipinski definition) is 3. The van der Waals surface area contributed by atoms with Gasteiger partial charge in [-0.05, 0) is 51.0 Å². The predicted octanol–water partition coefficient (Wildman–Crippen LogP) is 2.20. The molecule has 0 radical (unpaired) electrons. The number of aliphatic hydroxyl groups excluding tert-OH is 3. The van der Waals surface area contributed by atoms with Crippen molar-refractivity contribution in [2.75, 3.05) is 6.61 Å². The van der Waals surface area contributed by atoms with Gasteiger partial charge in [0.05, 0.1) is 11.6 Å². The number of nitrogens with zero attached hydrogens (tertiary/aromatic N) is 1. The second-order valence-corrected chi connectivity index (χ2v) is 6.51. The van der Waals surface area contributed by atoms with E-state index in [-0.39, 0.29) is 13.0 Å². The quantitative estimate of drug-likeness (QED) is 0.803. The Hall–Kier alpha value is -1.89. The minimum absolute atomic E-state index is 0.0954. The molecule has 0 saturated carbocycles. The lowest BCUT2D eigenvalue weighted by atomic mass is 10.0. The molecule has 1 heterocycles. The Balaban J connectivity index is 2.28. The Morgan fingerprint density at radius 2 is 1.96 bits per heavy atom. The van der Waals surface area contributed by atoms with Crippen LogP contribution >= 0.6 is 0 Å². The van der Waals surface area contributed by atoms with Crippen molar-refractivity contribution in [1.82, 2.24) is 4.57 Å². The number of hydrogen-bond acceptors (Lipinski definition) is 5. The minimum atomic E-state index is -1.09. The van der Waals surface area contributed by atoms with Gasteiger partial charge in [0.15, 0.2) is 0 Å². The van der Waals surface area contributed by atoms with Gasteiger partial charge in [0.1, 0.15) is 11.7 Å². The van der Waals surface area contributed by atoms with Gasteiger partial charge in [-0.3, -0.25) is 4.57 Å². The summed E-state index contributed by atoms with van der Waals surface area (Å²) in [4.78, 5) is 12.2. The molecule has 1 aromatic carbocycles. The van der Waals surface area contributed by atoms with Crippen LogP contribution in [-0.4, -0.2) is 44.3 Å². The lowest BCUT2D eigenvalue weighted by molar-refractivity contribution is 0.00428. The molecule has 2 rings (SSSR count). The number of carbonyl (C=O) groups excluding carboxylic acids is 1. The van der Waals surface area contributed by atoms with Gasteiger partial charge in [0, 0.05) is 18.2 Å². The van der Waals surface area contributed by atoms with Crippen molar-refractivity contribution < 1.29 is 24.9 Å². The third-order valence-corrected chi connectivity index (χ3v) is 3.44. The number of aliphatic hydroxyl groups is 3. The molecule has 0 aliphatic rings. The Morgan fingerprint density at radius 3 is 2.57 bits per heavy atom. The predicted molar refractivity (Wildman–Crippen MR) is 86.2 cm³/mol. The van der Waals surface area contributed by atoms with Crippen LogP contribution in [0.4, 0.5) is 4.79 Å². The summed E-state index contributed by atoms with van der Waals surface area (Å²) in [6.07, 6.45) is -0.889. The van der Waals surface area contributed by atoms with Crippen LogP contribution in [0.5, 0.6) is 0 Å². The summed E-state index contributed by atoms with van der Waals surface area (Å²) < 4.78 is 6.75. The van der Waals surface area contributed by atoms with E-state index in [0.29, 0.717) is 11.1 Å². The second kappa shape index (κ2) is 6.70. The number of rotatable bonds is 4. The van der Waals surface area contributed by atoms with Crippen molar-refractivity contribution in [3.05, 3.63) is 36.0 Å². The van der Waals surface area contributed by atoms with Crippen LogP contribution in [0, 0.1) is 0 Å². The van der Waals surface area contributed by atoms with Crippen LogP contribution < -0.4 is 0 Å². The smallest absolute Gasteiger partial charge is 0.418 e. The van der Waals surface area contributed by atoms with Crippen LogP contribution in [-0.2, 0) is 4.74 Å². The number of ether oxygens (including phenoxy) is 1. The van der Waals surface area contributed by atoms with Gasteiger partial charge in [0.25, 0.3) is 0 Å². The van der Waals surface area contributed by atoms with Gasteiger partial charge >= 0.3 is 6.09 Å². The number of aromatic nitrogens is 1. The van der Waals surface area contributed by atoms with E-state index < -0.39 is 23.9 Å². The van der Waals surface area contributed by atoms with E-state index in [1.807, 2.05) is 0 Å². The molecule has 6 heteroatoms. The summed E-state index contributed by atoms with van der Waals surface area (Å²) >= 11 is 0. The Labute approximate surface area is 134 Å². The highest BCUT2D eigenvalue weighted by Crippen LogP contribution is 2.25. The average Bonchev–Trinajstić information content (AvgIpc) is 2.87. The summed E-state index contributed by atoms with van der Waals surface area (Å²) in [6.45, 7) is 5.20. The zero-order chi connectivity index (χ0) is 17.2. The van der Waals surface area contributed by atoms with Gasteiger partial charge in [-0.2, -0.15) is 0 Å². The van der Waals surface area contributed by atoms with Gasteiger partial charge in [-0.15, -0.1) is 0 Å². The van der Waals surface area contributed by atoms with Gasteiger partial charge < -0.3 is 20.1 Å². The van der Waals surface area contributed by atoms with Crippen molar-refractivity contribution in [2.24, 2.45) is 0 Å². The molecule has 0 amide bonds. The fraction of sp³-hybridized carbons (Fsp3) is 0.471. The summed E-state index contributed by atoms with van der Waals surface area (Å²) in [7, 11) is 0. The standard InChI is InChI=1S/C17H23NO5/c1-17(2,3)23-16(22)18-8-6-11-10-12(4-5-13(11)18)15(21)14(20)7-9-19/h4-6,8,10,14-15,19-21H,7,9H2,1-3H3. The molecule has 0 saturated heterocycles. The van der Waals surface area contributed by atoms with Crippen molar-refractivity contribution in [1.29, 1.82) is 0 Å². The molecule has 3 N–H and O–H groups in total. The first-order chi connectivity index (χ1) is 10.7. The van der Waals surface area contributed by atoms with Crippen molar-refractivity contribution in [3.8, 4) is 0 Å². The van der Waals surface area contributed by atoms with Gasteiger partial charge in [-0.25, -0.2) is 4.79 Å². The minimum Gasteiger partial charge on any atom is -0.443 e. The molecule has 2 atom stereocenters. The largest absolute Gasteiger partial charge is 0.443 e. The summed E-state index contributed by atoms with van der Waals surface area (Å²) in [6, 6.07) is 6.80. The molecule has 6 nitrogen and oxygen atoms in total. The molecule has 2 unspecified atom stereocenters. The topological polar surface area (TPSA) is 91.9 Å². The molecule has 0 bridgehead atoms. The maximum atomic E-state index is 12.2. The zero-order valence-corrected chi connectivity index (χ0v) is 13.6. The Morgan fingerprint density at radius 1 is 1.26 bits per heavy atom. The maximum Gasteiger partial charge on any atom is 0.418 e. The van der Waals surface area contributed by atoms with Crippen LogP contribution in [0.2, 0.25) is 0 Å². The fourth-order valence-corrected chi connectivity index (χ4v) is 2.33. The molecule has 0 aliphatic heterocycles. The summed E-state index contributed by atoms with van der Waals surface area (Å²) in [5.41, 5.74) is 0.602. The number of fused-ring (bicyclic) bond motifs is 1. The molecule has 1 aromatic heterocycles. The van der Waals surface area contributed by atoms with E-state index in [1.165, 1.54) is 4.57 Å². The molecule has 23 heavy (non-hydrogen) atoms. The van der Waals surface area contributed by atoms with Crippen LogP contribution in [0.1, 0.15) is 38.9 Å². The summed E-state index contributed by atoms with van der Waals surface area (Å²) in [5.74, 6) is 0. The van der Waals surface area contributed by atoms with E-state index >= 15 is 0 Å². The Kier molecular flexibility index (Phi) is 5.09. The highest BCUT2D eigenvalue weighted by atomic mass is 16.6. The van der Waals surface area contributed by atoms with Gasteiger partial charge in [-0.1, -0.05) is 6.07 Å². The number of benzene rings is 1. The first-order valence-corrected chi connectivity index (χ1v) is 7.54. The highest BCUT2D eigenvalue weighted by Gasteiger charge is 2.21. The van der Waals surface area contributed by atoms with E-state index in [0.717, 1.165) is 5.39 Å². The van der Waals surface area contributed by atoms with Crippen molar-refractivity contribution >= 4 is 17.0 Å². The molecule has 2 aromatic rings. The maximum absolute atomic E-state index is 12.2. The normalized spacial score (nSPS) is 14.7. The lowest BCUT2D eigenvalue weighted by Gasteiger charge is -2.20. The average molecular weight is 321 g/mol. The molecular formula is C17H23NO5. The monoisotopic (exact) mass is 321 g/mol. The van der Waals surface area contributed by atoms with E-state index in [9.17, 15) is 15.0 Å². The van der Waals surface area contributed by atoms with E-state index in [1.54, 1.807) is 51.2 Å². The van der Waals surface area contributed by atoms with Crippen LogP contribution in [0.25, 0.3) is 10.9 Å². The van der Waals surface area contributed by atoms with Gasteiger partial charge in [0.2, 0.25) is 0 Å². The highest BCUT2D eigenvalue weighted by molar-refractivity contribution is 5.90. The SMILES string of the molecule is CC(C)(C)OC(=O)n1ccc2cc(C(O)C(O)CCO)ccc21. The van der Waals surface area contributed by atoms with Crippen molar-refractivity contribution in [3.63, 3.8) is 0 Å². The molecule has 0 spiro atoms.